The molecule has 2 aromatic rings. The van der Waals surface area contributed by atoms with Crippen molar-refractivity contribution in [3.63, 3.8) is 0 Å². The summed E-state index contributed by atoms with van der Waals surface area (Å²) < 4.78 is 13.3. The highest BCUT2D eigenvalue weighted by Gasteiger charge is 2.17. The maximum absolute atomic E-state index is 13.3. The van der Waals surface area contributed by atoms with Crippen LogP contribution in [0.4, 0.5) is 15.8 Å². The van der Waals surface area contributed by atoms with Crippen molar-refractivity contribution in [2.24, 2.45) is 0 Å². The Bertz CT molecular complexity index is 647. The predicted octanol–water partition coefficient (Wildman–Crippen LogP) is 3.70. The number of nitrogens with zero attached hydrogens (tertiary/aromatic N) is 2. The number of nitrogens with one attached hydrogen (secondary N) is 1. The molecule has 0 fully saturated rings. The molecular formula is C13H11ClFN3O2. The van der Waals surface area contributed by atoms with E-state index < -0.39 is 10.7 Å². The van der Waals surface area contributed by atoms with Crippen LogP contribution in [0.1, 0.15) is 11.3 Å². The molecule has 2 rings (SSSR count). The molecule has 0 spiro atoms. The molecule has 0 saturated carbocycles. The van der Waals surface area contributed by atoms with Gasteiger partial charge in [0, 0.05) is 18.4 Å². The Hall–Kier alpha value is -2.21. The molecule has 7 heteroatoms. The number of hydrogen-bond acceptors (Lipinski definition) is 4. The van der Waals surface area contributed by atoms with Gasteiger partial charge in [0.25, 0.3) is 5.69 Å². The zero-order valence-electron chi connectivity index (χ0n) is 10.6. The first-order chi connectivity index (χ1) is 9.47. The highest BCUT2D eigenvalue weighted by molar-refractivity contribution is 6.31. The van der Waals surface area contributed by atoms with Crippen LogP contribution in [0.15, 0.2) is 30.5 Å². The SMILES string of the molecule is Cc1ccc(CNc2cc(Cl)c(F)cc2[N+](=O)[O-])cn1. The van der Waals surface area contributed by atoms with E-state index in [2.05, 4.69) is 10.3 Å². The summed E-state index contributed by atoms with van der Waals surface area (Å²) in [4.78, 5) is 14.3. The Kier molecular flexibility index (Phi) is 4.14. The van der Waals surface area contributed by atoms with E-state index in [0.29, 0.717) is 6.54 Å². The van der Waals surface area contributed by atoms with Crippen LogP contribution in [0.2, 0.25) is 5.02 Å². The van der Waals surface area contributed by atoms with Crippen molar-refractivity contribution < 1.29 is 9.31 Å². The second-order valence-corrected chi connectivity index (χ2v) is 4.61. The van der Waals surface area contributed by atoms with Gasteiger partial charge in [-0.3, -0.25) is 15.1 Å². The van der Waals surface area contributed by atoms with Gasteiger partial charge in [-0.25, -0.2) is 4.39 Å². The average molecular weight is 296 g/mol. The number of aryl methyl sites for hydroxylation is 1. The fourth-order valence-electron chi connectivity index (χ4n) is 1.63. The number of nitro benzene ring substituents is 1. The van der Waals surface area contributed by atoms with Gasteiger partial charge < -0.3 is 5.32 Å². The Labute approximate surface area is 119 Å². The van der Waals surface area contributed by atoms with Crippen molar-refractivity contribution in [2.45, 2.75) is 13.5 Å². The number of halogens is 2. The molecule has 104 valence electrons. The normalized spacial score (nSPS) is 10.3. The summed E-state index contributed by atoms with van der Waals surface area (Å²) >= 11 is 5.64. The third-order valence-corrected chi connectivity index (χ3v) is 2.98. The molecule has 0 unspecified atom stereocenters. The number of aromatic nitrogens is 1. The van der Waals surface area contributed by atoms with E-state index in [1.807, 2.05) is 19.1 Å². The van der Waals surface area contributed by atoms with Crippen molar-refractivity contribution in [1.29, 1.82) is 0 Å². The molecule has 1 N–H and O–H groups in total. The molecule has 0 saturated heterocycles. The molecule has 5 nitrogen and oxygen atoms in total. The molecule has 0 aliphatic carbocycles. The second-order valence-electron chi connectivity index (χ2n) is 4.20. The van der Waals surface area contributed by atoms with E-state index in [4.69, 9.17) is 11.6 Å². The molecule has 0 aliphatic rings. The van der Waals surface area contributed by atoms with Crippen LogP contribution in [0.3, 0.4) is 0 Å². The number of benzene rings is 1. The van der Waals surface area contributed by atoms with E-state index in [-0.39, 0.29) is 16.4 Å². The molecule has 0 radical (unpaired) electrons. The first-order valence-corrected chi connectivity index (χ1v) is 6.14. The van der Waals surface area contributed by atoms with Crippen LogP contribution in [0, 0.1) is 22.9 Å². The molecule has 1 aromatic heterocycles. The third-order valence-electron chi connectivity index (χ3n) is 2.69. The van der Waals surface area contributed by atoms with Gasteiger partial charge in [0.1, 0.15) is 11.5 Å². The number of nitro groups is 1. The molecule has 0 atom stereocenters. The van der Waals surface area contributed by atoms with Crippen molar-refractivity contribution in [3.8, 4) is 0 Å². The van der Waals surface area contributed by atoms with Gasteiger partial charge in [0.2, 0.25) is 0 Å². The van der Waals surface area contributed by atoms with E-state index in [0.717, 1.165) is 17.3 Å². The molecule has 0 aliphatic heterocycles. The van der Waals surface area contributed by atoms with Gasteiger partial charge in [-0.15, -0.1) is 0 Å². The predicted molar refractivity (Wildman–Crippen MR) is 74.4 cm³/mol. The number of rotatable bonds is 4. The number of hydrogen-bond donors (Lipinski definition) is 1. The van der Waals surface area contributed by atoms with E-state index in [1.54, 1.807) is 6.20 Å². The Morgan fingerprint density at radius 3 is 2.80 bits per heavy atom. The Balaban J connectivity index is 2.22. The summed E-state index contributed by atoms with van der Waals surface area (Å²) in [5.74, 6) is -0.819. The topological polar surface area (TPSA) is 68.1 Å². The van der Waals surface area contributed by atoms with Gasteiger partial charge in [-0.1, -0.05) is 17.7 Å². The summed E-state index contributed by atoms with van der Waals surface area (Å²) in [6, 6.07) is 5.70. The van der Waals surface area contributed by atoms with Crippen LogP contribution in [0.5, 0.6) is 0 Å². The molecule has 1 aromatic carbocycles. The number of anilines is 1. The Morgan fingerprint density at radius 2 is 2.20 bits per heavy atom. The van der Waals surface area contributed by atoms with E-state index >= 15 is 0 Å². The zero-order valence-corrected chi connectivity index (χ0v) is 11.3. The van der Waals surface area contributed by atoms with Crippen LogP contribution in [0.25, 0.3) is 0 Å². The van der Waals surface area contributed by atoms with Gasteiger partial charge >= 0.3 is 0 Å². The monoisotopic (exact) mass is 295 g/mol. The quantitative estimate of drug-likeness (QED) is 0.690. The average Bonchev–Trinajstić information content (AvgIpc) is 2.41. The fourth-order valence-corrected chi connectivity index (χ4v) is 1.79. The Morgan fingerprint density at radius 1 is 1.45 bits per heavy atom. The summed E-state index contributed by atoms with van der Waals surface area (Å²) in [7, 11) is 0. The van der Waals surface area contributed by atoms with Crippen molar-refractivity contribution in [3.05, 3.63) is 62.7 Å². The van der Waals surface area contributed by atoms with Crippen LogP contribution < -0.4 is 5.32 Å². The smallest absolute Gasteiger partial charge is 0.295 e. The lowest BCUT2D eigenvalue weighted by Gasteiger charge is -2.08. The lowest BCUT2D eigenvalue weighted by molar-refractivity contribution is -0.384. The van der Waals surface area contributed by atoms with Crippen LogP contribution in [-0.2, 0) is 6.54 Å². The largest absolute Gasteiger partial charge is 0.375 e. The highest BCUT2D eigenvalue weighted by atomic mass is 35.5. The lowest BCUT2D eigenvalue weighted by Crippen LogP contribution is -2.04. The molecule has 20 heavy (non-hydrogen) atoms. The summed E-state index contributed by atoms with van der Waals surface area (Å²) in [6.45, 7) is 2.19. The van der Waals surface area contributed by atoms with Gasteiger partial charge in [-0.2, -0.15) is 0 Å². The molecule has 0 bridgehead atoms. The maximum Gasteiger partial charge on any atom is 0.295 e. The minimum atomic E-state index is -0.819. The van der Waals surface area contributed by atoms with E-state index in [1.165, 1.54) is 6.07 Å². The first-order valence-electron chi connectivity index (χ1n) is 5.76. The number of pyridine rings is 1. The minimum Gasteiger partial charge on any atom is -0.375 e. The molecule has 0 amide bonds. The van der Waals surface area contributed by atoms with Crippen molar-refractivity contribution >= 4 is 23.0 Å². The lowest BCUT2D eigenvalue weighted by atomic mass is 10.2. The van der Waals surface area contributed by atoms with E-state index in [9.17, 15) is 14.5 Å². The highest BCUT2D eigenvalue weighted by Crippen LogP contribution is 2.30. The summed E-state index contributed by atoms with van der Waals surface area (Å²) in [5, 5.41) is 13.6. The standard InChI is InChI=1S/C13H11ClFN3O2/c1-8-2-3-9(6-16-8)7-17-12-4-10(14)11(15)5-13(12)18(19)20/h2-6,17H,7H2,1H3. The molecular weight excluding hydrogens is 285 g/mol. The van der Waals surface area contributed by atoms with Crippen molar-refractivity contribution in [1.82, 2.24) is 4.98 Å². The first kappa shape index (κ1) is 14.2. The second kappa shape index (κ2) is 5.83. The van der Waals surface area contributed by atoms with Crippen LogP contribution >= 0.6 is 11.6 Å². The third kappa shape index (κ3) is 3.21. The summed E-state index contributed by atoms with van der Waals surface area (Å²) in [6.07, 6.45) is 1.67. The summed E-state index contributed by atoms with van der Waals surface area (Å²) in [5.41, 5.74) is 1.55. The zero-order chi connectivity index (χ0) is 14.7. The van der Waals surface area contributed by atoms with Gasteiger partial charge in [-0.05, 0) is 24.6 Å². The van der Waals surface area contributed by atoms with Gasteiger partial charge in [0.05, 0.1) is 16.0 Å². The fraction of sp³-hybridized carbons (Fsp3) is 0.154. The van der Waals surface area contributed by atoms with Gasteiger partial charge in [0.15, 0.2) is 0 Å². The van der Waals surface area contributed by atoms with Crippen molar-refractivity contribution in [2.75, 3.05) is 5.32 Å². The maximum atomic E-state index is 13.3. The van der Waals surface area contributed by atoms with Crippen LogP contribution in [-0.4, -0.2) is 9.91 Å². The molecule has 1 heterocycles. The minimum absolute atomic E-state index is 0.167.